The van der Waals surface area contributed by atoms with E-state index in [4.69, 9.17) is 15.3 Å². The summed E-state index contributed by atoms with van der Waals surface area (Å²) in [6.45, 7) is 2.58. The van der Waals surface area contributed by atoms with Crippen LogP contribution in [-0.4, -0.2) is 76.7 Å². The van der Waals surface area contributed by atoms with Gasteiger partial charge in [-0.15, -0.1) is 0 Å². The molecule has 2 rings (SSSR count). The number of anilines is 2. The molecule has 1 fully saturated rings. The first-order valence-electron chi connectivity index (χ1n) is 9.12. The van der Waals surface area contributed by atoms with Crippen LogP contribution in [0.3, 0.4) is 0 Å². The van der Waals surface area contributed by atoms with E-state index in [0.29, 0.717) is 6.54 Å². The van der Waals surface area contributed by atoms with Crippen molar-refractivity contribution in [3.63, 3.8) is 0 Å². The summed E-state index contributed by atoms with van der Waals surface area (Å²) < 4.78 is 39.2. The standard InChI is InChI=1S/C18H26F2N4O5/c1-4-22(5-6-23(28-3)11-16(25)27-2)17-14(19)7-12(8-15(17)20)24-10-13(9-21)29-18(24)26/h7-8,13H,4-6,9-11,21H2,1-3H3/t13-/m0/s1. The van der Waals surface area contributed by atoms with Crippen LogP contribution in [-0.2, 0) is 19.1 Å². The minimum Gasteiger partial charge on any atom is -0.468 e. The first-order valence-corrected chi connectivity index (χ1v) is 9.12. The molecule has 1 amide bonds. The lowest BCUT2D eigenvalue weighted by Gasteiger charge is -2.27. The third-order valence-corrected chi connectivity index (χ3v) is 4.56. The predicted molar refractivity (Wildman–Crippen MR) is 102 cm³/mol. The van der Waals surface area contributed by atoms with Gasteiger partial charge in [-0.1, -0.05) is 0 Å². The second kappa shape index (κ2) is 10.3. The minimum absolute atomic E-state index is 0.0602. The molecule has 9 nitrogen and oxygen atoms in total. The summed E-state index contributed by atoms with van der Waals surface area (Å²) in [4.78, 5) is 31.0. The summed E-state index contributed by atoms with van der Waals surface area (Å²) >= 11 is 0. The zero-order valence-electron chi connectivity index (χ0n) is 16.7. The Morgan fingerprint density at radius 2 is 1.97 bits per heavy atom. The summed E-state index contributed by atoms with van der Waals surface area (Å²) in [7, 11) is 2.64. The number of hydrogen-bond acceptors (Lipinski definition) is 8. The van der Waals surface area contributed by atoms with Crippen molar-refractivity contribution in [1.82, 2.24) is 5.06 Å². The molecule has 0 radical (unpaired) electrons. The Bertz CT molecular complexity index is 713. The van der Waals surface area contributed by atoms with Gasteiger partial charge in [0.15, 0.2) is 11.6 Å². The maximum atomic E-state index is 14.8. The maximum Gasteiger partial charge on any atom is 0.414 e. The fourth-order valence-electron chi connectivity index (χ4n) is 2.97. The zero-order chi connectivity index (χ0) is 21.6. The number of rotatable bonds is 10. The quantitative estimate of drug-likeness (QED) is 0.448. The number of amides is 1. The predicted octanol–water partition coefficient (Wildman–Crippen LogP) is 1.11. The number of carbonyl (C=O) groups excluding carboxylic acids is 2. The van der Waals surface area contributed by atoms with Crippen molar-refractivity contribution >= 4 is 23.4 Å². The Balaban J connectivity index is 2.15. The van der Waals surface area contributed by atoms with Gasteiger partial charge in [-0.05, 0) is 6.92 Å². The second-order valence-corrected chi connectivity index (χ2v) is 6.31. The molecule has 0 unspecified atom stereocenters. The van der Waals surface area contributed by atoms with Crippen LogP contribution in [0, 0.1) is 11.6 Å². The number of esters is 1. The number of cyclic esters (lactones) is 1. The van der Waals surface area contributed by atoms with E-state index in [1.807, 2.05) is 0 Å². The van der Waals surface area contributed by atoms with E-state index in [2.05, 4.69) is 4.74 Å². The highest BCUT2D eigenvalue weighted by atomic mass is 19.1. The Kier molecular flexibility index (Phi) is 8.11. The number of nitrogens with two attached hydrogens (primary N) is 1. The molecular weight excluding hydrogens is 390 g/mol. The Labute approximate surface area is 167 Å². The number of carbonyl (C=O) groups is 2. The van der Waals surface area contributed by atoms with E-state index < -0.39 is 29.8 Å². The molecule has 1 aliphatic rings. The highest BCUT2D eigenvalue weighted by Crippen LogP contribution is 2.30. The summed E-state index contributed by atoms with van der Waals surface area (Å²) in [5.74, 6) is -2.13. The van der Waals surface area contributed by atoms with Gasteiger partial charge in [0.2, 0.25) is 0 Å². The summed E-state index contributed by atoms with van der Waals surface area (Å²) in [5.41, 5.74) is 5.32. The van der Waals surface area contributed by atoms with E-state index in [-0.39, 0.29) is 44.1 Å². The van der Waals surface area contributed by atoms with Crippen LogP contribution in [0.1, 0.15) is 6.92 Å². The summed E-state index contributed by atoms with van der Waals surface area (Å²) in [6, 6.07) is 2.17. The number of halogens is 2. The first kappa shape index (κ1) is 22.8. The molecule has 29 heavy (non-hydrogen) atoms. The molecule has 0 aliphatic carbocycles. The van der Waals surface area contributed by atoms with Crippen LogP contribution in [0.25, 0.3) is 0 Å². The van der Waals surface area contributed by atoms with Crippen LogP contribution < -0.4 is 15.5 Å². The van der Waals surface area contributed by atoms with Crippen LogP contribution in [0.4, 0.5) is 25.0 Å². The zero-order valence-corrected chi connectivity index (χ0v) is 16.7. The summed E-state index contributed by atoms with van der Waals surface area (Å²) in [6.07, 6.45) is -1.21. The number of hydrogen-bond donors (Lipinski definition) is 1. The fourth-order valence-corrected chi connectivity index (χ4v) is 2.97. The molecule has 0 spiro atoms. The van der Waals surface area contributed by atoms with Crippen LogP contribution in [0.15, 0.2) is 12.1 Å². The molecule has 1 aliphatic heterocycles. The van der Waals surface area contributed by atoms with Gasteiger partial charge in [0.1, 0.15) is 18.3 Å². The topological polar surface area (TPSA) is 97.6 Å². The van der Waals surface area contributed by atoms with Crippen molar-refractivity contribution in [3.05, 3.63) is 23.8 Å². The number of hydroxylamine groups is 2. The molecule has 1 heterocycles. The smallest absolute Gasteiger partial charge is 0.414 e. The molecule has 0 saturated carbocycles. The highest BCUT2D eigenvalue weighted by Gasteiger charge is 2.32. The molecule has 0 aromatic heterocycles. The largest absolute Gasteiger partial charge is 0.468 e. The van der Waals surface area contributed by atoms with E-state index in [0.717, 1.165) is 17.0 Å². The normalized spacial score (nSPS) is 16.3. The number of methoxy groups -OCH3 is 1. The average molecular weight is 416 g/mol. The lowest BCUT2D eigenvalue weighted by molar-refractivity contribution is -0.165. The van der Waals surface area contributed by atoms with Gasteiger partial charge in [0.25, 0.3) is 0 Å². The van der Waals surface area contributed by atoms with Gasteiger partial charge in [-0.3, -0.25) is 9.69 Å². The van der Waals surface area contributed by atoms with Gasteiger partial charge in [0.05, 0.1) is 26.5 Å². The lowest BCUT2D eigenvalue weighted by Crippen LogP contribution is -2.38. The third-order valence-electron chi connectivity index (χ3n) is 4.56. The van der Waals surface area contributed by atoms with Crippen molar-refractivity contribution in [2.45, 2.75) is 13.0 Å². The second-order valence-electron chi connectivity index (χ2n) is 6.31. The van der Waals surface area contributed by atoms with E-state index >= 15 is 0 Å². The van der Waals surface area contributed by atoms with Crippen molar-refractivity contribution in [2.24, 2.45) is 5.73 Å². The molecule has 162 valence electrons. The van der Waals surface area contributed by atoms with Gasteiger partial charge in [0, 0.05) is 38.3 Å². The molecule has 2 N–H and O–H groups in total. The first-order chi connectivity index (χ1) is 13.8. The van der Waals surface area contributed by atoms with Crippen molar-refractivity contribution < 1.29 is 32.7 Å². The Morgan fingerprint density at radius 3 is 2.45 bits per heavy atom. The van der Waals surface area contributed by atoms with E-state index in [9.17, 15) is 18.4 Å². The number of ether oxygens (including phenoxy) is 2. The minimum atomic E-state index is -0.817. The average Bonchev–Trinajstić information content (AvgIpc) is 3.09. The molecule has 1 aromatic rings. The Morgan fingerprint density at radius 1 is 1.31 bits per heavy atom. The SMILES string of the molecule is CCN(CCN(CC(=O)OC)OC)c1c(F)cc(N2C[C@H](CN)OC2=O)cc1F. The van der Waals surface area contributed by atoms with Gasteiger partial charge >= 0.3 is 12.1 Å². The van der Waals surface area contributed by atoms with Gasteiger partial charge < -0.3 is 24.9 Å². The lowest BCUT2D eigenvalue weighted by atomic mass is 10.2. The van der Waals surface area contributed by atoms with Crippen molar-refractivity contribution in [1.29, 1.82) is 0 Å². The van der Waals surface area contributed by atoms with Crippen LogP contribution >= 0.6 is 0 Å². The van der Waals surface area contributed by atoms with Gasteiger partial charge in [-0.25, -0.2) is 13.6 Å². The molecule has 11 heteroatoms. The number of likely N-dealkylation sites (N-methyl/N-ethyl adjacent to an activating group) is 1. The van der Waals surface area contributed by atoms with Gasteiger partial charge in [-0.2, -0.15) is 5.06 Å². The maximum absolute atomic E-state index is 14.8. The molecule has 1 saturated heterocycles. The Hall–Kier alpha value is -2.50. The highest BCUT2D eigenvalue weighted by molar-refractivity contribution is 5.90. The number of benzene rings is 1. The number of nitrogens with zero attached hydrogens (tertiary/aromatic N) is 3. The van der Waals surface area contributed by atoms with E-state index in [1.165, 1.54) is 24.2 Å². The van der Waals surface area contributed by atoms with Crippen LogP contribution in [0.2, 0.25) is 0 Å². The monoisotopic (exact) mass is 416 g/mol. The molecule has 1 aromatic carbocycles. The third kappa shape index (κ3) is 5.52. The fraction of sp³-hybridized carbons (Fsp3) is 0.556. The molecule has 0 bridgehead atoms. The molecular formula is C18H26F2N4O5. The molecule has 1 atom stereocenters. The van der Waals surface area contributed by atoms with E-state index in [1.54, 1.807) is 6.92 Å². The van der Waals surface area contributed by atoms with Crippen molar-refractivity contribution in [2.75, 3.05) is 63.3 Å². The van der Waals surface area contributed by atoms with Crippen molar-refractivity contribution in [3.8, 4) is 0 Å². The summed E-state index contributed by atoms with van der Waals surface area (Å²) in [5, 5.41) is 1.33. The van der Waals surface area contributed by atoms with Crippen LogP contribution in [0.5, 0.6) is 0 Å².